The van der Waals surface area contributed by atoms with Crippen LogP contribution in [-0.2, 0) is 9.53 Å². The Bertz CT molecular complexity index is 375. The maximum Gasteiger partial charge on any atom is 0.223 e. The molecule has 2 aliphatic carbocycles. The molecule has 3 fully saturated rings. The SMILES string of the molecule is CC(NC(=O)C1CCC(C2CCC2)CC1)C1CN(C)CCO1. The molecule has 4 nitrogen and oxygen atoms in total. The second kappa shape index (κ2) is 7.31. The predicted molar refractivity (Wildman–Crippen MR) is 87.6 cm³/mol. The fourth-order valence-electron chi connectivity index (χ4n) is 4.31. The summed E-state index contributed by atoms with van der Waals surface area (Å²) in [5, 5.41) is 3.22. The molecule has 2 atom stereocenters. The molecule has 0 radical (unpaired) electrons. The second-order valence-corrected chi connectivity index (χ2v) is 7.77. The van der Waals surface area contributed by atoms with Crippen LogP contribution in [0.1, 0.15) is 51.9 Å². The van der Waals surface area contributed by atoms with E-state index in [-0.39, 0.29) is 24.0 Å². The number of morpholine rings is 1. The van der Waals surface area contributed by atoms with Gasteiger partial charge in [-0.1, -0.05) is 19.3 Å². The first-order chi connectivity index (χ1) is 10.6. The minimum Gasteiger partial charge on any atom is -0.373 e. The van der Waals surface area contributed by atoms with E-state index in [2.05, 4.69) is 24.2 Å². The lowest BCUT2D eigenvalue weighted by Gasteiger charge is -2.39. The predicted octanol–water partition coefficient (Wildman–Crippen LogP) is 2.43. The minimum atomic E-state index is 0.111. The molecule has 4 heteroatoms. The van der Waals surface area contributed by atoms with Crippen LogP contribution >= 0.6 is 0 Å². The van der Waals surface area contributed by atoms with Crippen molar-refractivity contribution in [2.45, 2.75) is 64.0 Å². The average Bonchev–Trinajstić information content (AvgIpc) is 2.46. The molecule has 2 unspecified atom stereocenters. The number of carbonyl (C=O) groups is 1. The molecule has 126 valence electrons. The lowest BCUT2D eigenvalue weighted by molar-refractivity contribution is -0.129. The first-order valence-corrected chi connectivity index (χ1v) is 9.24. The maximum absolute atomic E-state index is 12.5. The fraction of sp³-hybridized carbons (Fsp3) is 0.944. The first-order valence-electron chi connectivity index (χ1n) is 9.24. The molecule has 0 aromatic heterocycles. The van der Waals surface area contributed by atoms with Crippen molar-refractivity contribution in [1.82, 2.24) is 10.2 Å². The van der Waals surface area contributed by atoms with Crippen LogP contribution < -0.4 is 5.32 Å². The van der Waals surface area contributed by atoms with Gasteiger partial charge in [0.15, 0.2) is 0 Å². The maximum atomic E-state index is 12.5. The van der Waals surface area contributed by atoms with Gasteiger partial charge in [0.1, 0.15) is 0 Å². The van der Waals surface area contributed by atoms with Crippen molar-refractivity contribution in [3.8, 4) is 0 Å². The van der Waals surface area contributed by atoms with Crippen molar-refractivity contribution in [3.05, 3.63) is 0 Å². The number of rotatable bonds is 4. The van der Waals surface area contributed by atoms with Gasteiger partial charge in [-0.05, 0) is 51.5 Å². The largest absolute Gasteiger partial charge is 0.373 e. The van der Waals surface area contributed by atoms with Gasteiger partial charge in [0.2, 0.25) is 5.91 Å². The van der Waals surface area contributed by atoms with E-state index >= 15 is 0 Å². The number of nitrogens with one attached hydrogen (secondary N) is 1. The van der Waals surface area contributed by atoms with Gasteiger partial charge >= 0.3 is 0 Å². The van der Waals surface area contributed by atoms with Gasteiger partial charge in [-0.3, -0.25) is 4.79 Å². The van der Waals surface area contributed by atoms with Gasteiger partial charge in [-0.25, -0.2) is 0 Å². The van der Waals surface area contributed by atoms with Crippen molar-refractivity contribution >= 4 is 5.91 Å². The summed E-state index contributed by atoms with van der Waals surface area (Å²) in [4.78, 5) is 14.8. The smallest absolute Gasteiger partial charge is 0.223 e. The molecule has 1 saturated heterocycles. The highest BCUT2D eigenvalue weighted by molar-refractivity contribution is 5.79. The van der Waals surface area contributed by atoms with E-state index in [9.17, 15) is 4.79 Å². The van der Waals surface area contributed by atoms with E-state index in [4.69, 9.17) is 4.74 Å². The van der Waals surface area contributed by atoms with Crippen molar-refractivity contribution in [1.29, 1.82) is 0 Å². The van der Waals surface area contributed by atoms with Crippen molar-refractivity contribution in [2.24, 2.45) is 17.8 Å². The minimum absolute atomic E-state index is 0.111. The molecule has 0 spiro atoms. The van der Waals surface area contributed by atoms with Crippen LogP contribution in [0, 0.1) is 17.8 Å². The molecule has 0 aromatic carbocycles. The molecule has 0 aromatic rings. The van der Waals surface area contributed by atoms with Gasteiger partial charge in [0.25, 0.3) is 0 Å². The first kappa shape index (κ1) is 16.3. The van der Waals surface area contributed by atoms with Crippen LogP contribution in [0.5, 0.6) is 0 Å². The number of likely N-dealkylation sites (N-methyl/N-ethyl adjacent to an activating group) is 1. The topological polar surface area (TPSA) is 41.6 Å². The van der Waals surface area contributed by atoms with Crippen molar-refractivity contribution < 1.29 is 9.53 Å². The number of nitrogens with zero attached hydrogens (tertiary/aromatic N) is 1. The summed E-state index contributed by atoms with van der Waals surface area (Å²) >= 11 is 0. The highest BCUT2D eigenvalue weighted by atomic mass is 16.5. The Morgan fingerprint density at radius 3 is 2.41 bits per heavy atom. The third-order valence-corrected chi connectivity index (χ3v) is 6.18. The van der Waals surface area contributed by atoms with Crippen LogP contribution in [-0.4, -0.2) is 49.7 Å². The number of hydrogen-bond donors (Lipinski definition) is 1. The molecule has 0 bridgehead atoms. The van der Waals surface area contributed by atoms with E-state index in [0.29, 0.717) is 0 Å². The average molecular weight is 308 g/mol. The molecule has 2 saturated carbocycles. The molecule has 1 aliphatic heterocycles. The Kier molecular flexibility index (Phi) is 5.40. The van der Waals surface area contributed by atoms with Crippen LogP contribution in [0.4, 0.5) is 0 Å². The van der Waals surface area contributed by atoms with Crippen LogP contribution in [0.2, 0.25) is 0 Å². The zero-order chi connectivity index (χ0) is 15.5. The van der Waals surface area contributed by atoms with E-state index in [1.54, 1.807) is 0 Å². The van der Waals surface area contributed by atoms with Crippen LogP contribution in [0.3, 0.4) is 0 Å². The molecule has 3 aliphatic rings. The van der Waals surface area contributed by atoms with Crippen molar-refractivity contribution in [3.63, 3.8) is 0 Å². The highest BCUT2D eigenvalue weighted by Crippen LogP contribution is 2.42. The lowest BCUT2D eigenvalue weighted by atomic mass is 9.68. The molecule has 22 heavy (non-hydrogen) atoms. The lowest BCUT2D eigenvalue weighted by Crippen LogP contribution is -2.52. The summed E-state index contributed by atoms with van der Waals surface area (Å²) < 4.78 is 5.81. The summed E-state index contributed by atoms with van der Waals surface area (Å²) in [7, 11) is 2.12. The van der Waals surface area contributed by atoms with E-state index in [0.717, 1.165) is 44.4 Å². The Morgan fingerprint density at radius 2 is 1.82 bits per heavy atom. The van der Waals surface area contributed by atoms with Crippen LogP contribution in [0.15, 0.2) is 0 Å². The summed E-state index contributed by atoms with van der Waals surface area (Å²) in [6, 6.07) is 0.111. The zero-order valence-corrected chi connectivity index (χ0v) is 14.2. The number of ether oxygens (including phenoxy) is 1. The third kappa shape index (κ3) is 3.83. The fourth-order valence-corrected chi connectivity index (χ4v) is 4.31. The van der Waals surface area contributed by atoms with Gasteiger partial charge in [0.05, 0.1) is 18.8 Å². The second-order valence-electron chi connectivity index (χ2n) is 7.77. The summed E-state index contributed by atoms with van der Waals surface area (Å²) in [5.74, 6) is 2.39. The molecular formula is C18H32N2O2. The van der Waals surface area contributed by atoms with Crippen LogP contribution in [0.25, 0.3) is 0 Å². The molecule has 1 heterocycles. The van der Waals surface area contributed by atoms with Gasteiger partial charge in [-0.2, -0.15) is 0 Å². The molecule has 3 rings (SSSR count). The molecule has 1 N–H and O–H groups in total. The van der Waals surface area contributed by atoms with Gasteiger partial charge in [-0.15, -0.1) is 0 Å². The van der Waals surface area contributed by atoms with Gasteiger partial charge in [0, 0.05) is 19.0 Å². The monoisotopic (exact) mass is 308 g/mol. The van der Waals surface area contributed by atoms with E-state index in [1.165, 1.54) is 32.1 Å². The zero-order valence-electron chi connectivity index (χ0n) is 14.2. The molecular weight excluding hydrogens is 276 g/mol. The van der Waals surface area contributed by atoms with E-state index < -0.39 is 0 Å². The third-order valence-electron chi connectivity index (χ3n) is 6.18. The summed E-state index contributed by atoms with van der Waals surface area (Å²) in [6.07, 6.45) is 9.14. The Morgan fingerprint density at radius 1 is 1.14 bits per heavy atom. The standard InChI is InChI=1S/C18H32N2O2/c1-13(17-12-20(2)10-11-22-17)19-18(21)16-8-6-15(7-9-16)14-4-3-5-14/h13-17H,3-12H2,1-2H3,(H,19,21). The Labute approximate surface area is 135 Å². The summed E-state index contributed by atoms with van der Waals surface area (Å²) in [5.41, 5.74) is 0. The number of amides is 1. The Hall–Kier alpha value is -0.610. The van der Waals surface area contributed by atoms with Gasteiger partial charge < -0.3 is 15.0 Å². The Balaban J connectivity index is 1.41. The quantitative estimate of drug-likeness (QED) is 0.867. The number of hydrogen-bond acceptors (Lipinski definition) is 3. The normalized spacial score (nSPS) is 35.6. The van der Waals surface area contributed by atoms with Crippen molar-refractivity contribution in [2.75, 3.05) is 26.7 Å². The van der Waals surface area contributed by atoms with E-state index in [1.807, 2.05) is 0 Å². The highest BCUT2D eigenvalue weighted by Gasteiger charge is 2.34. The number of carbonyl (C=O) groups excluding carboxylic acids is 1. The molecule has 1 amide bonds. The summed E-state index contributed by atoms with van der Waals surface area (Å²) in [6.45, 7) is 4.76.